The molecule has 1 aromatic rings. The fourth-order valence-electron chi connectivity index (χ4n) is 1.98. The number of rotatable bonds is 3. The maximum atomic E-state index is 12.0. The van der Waals surface area contributed by atoms with Gasteiger partial charge in [0.1, 0.15) is 6.10 Å². The van der Waals surface area contributed by atoms with Crippen molar-refractivity contribution in [3.8, 4) is 0 Å². The summed E-state index contributed by atoms with van der Waals surface area (Å²) in [6.07, 6.45) is -0.510. The van der Waals surface area contributed by atoms with Gasteiger partial charge in [0.15, 0.2) is 0 Å². The molecule has 1 heterocycles. The number of carbonyl (C=O) groups is 3. The molecule has 2 rings (SSSR count). The molecular formula is C13H13NO4. The molecular weight excluding hydrogens is 234 g/mol. The van der Waals surface area contributed by atoms with Gasteiger partial charge in [-0.15, -0.1) is 0 Å². The summed E-state index contributed by atoms with van der Waals surface area (Å²) in [5, 5.41) is 0. The molecule has 1 unspecified atom stereocenters. The van der Waals surface area contributed by atoms with Crippen LogP contribution in [-0.2, 0) is 9.53 Å². The third-order valence-electron chi connectivity index (χ3n) is 2.69. The number of carbonyl (C=O) groups excluding carboxylic acids is 3. The molecule has 1 aromatic carbocycles. The second-order valence-electron chi connectivity index (χ2n) is 4.19. The predicted molar refractivity (Wildman–Crippen MR) is 63.0 cm³/mol. The van der Waals surface area contributed by atoms with Crippen LogP contribution in [0.5, 0.6) is 0 Å². The Balaban J connectivity index is 2.16. The van der Waals surface area contributed by atoms with Crippen LogP contribution in [0.1, 0.15) is 34.6 Å². The number of benzene rings is 1. The van der Waals surface area contributed by atoms with Crippen molar-refractivity contribution in [2.45, 2.75) is 20.0 Å². The van der Waals surface area contributed by atoms with E-state index >= 15 is 0 Å². The summed E-state index contributed by atoms with van der Waals surface area (Å²) in [7, 11) is 0. The lowest BCUT2D eigenvalue weighted by molar-refractivity contribution is -0.145. The van der Waals surface area contributed by atoms with Crippen molar-refractivity contribution >= 4 is 17.8 Å². The smallest absolute Gasteiger partial charge is 0.302 e. The van der Waals surface area contributed by atoms with E-state index in [1.165, 1.54) is 6.92 Å². The largest absolute Gasteiger partial charge is 0.461 e. The van der Waals surface area contributed by atoms with Gasteiger partial charge < -0.3 is 4.74 Å². The molecule has 1 aliphatic rings. The van der Waals surface area contributed by atoms with Crippen LogP contribution >= 0.6 is 0 Å². The van der Waals surface area contributed by atoms with Gasteiger partial charge in [-0.1, -0.05) is 12.1 Å². The minimum absolute atomic E-state index is 0.0753. The summed E-state index contributed by atoms with van der Waals surface area (Å²) in [5.74, 6) is -1.11. The third-order valence-corrected chi connectivity index (χ3v) is 2.69. The van der Waals surface area contributed by atoms with Crippen molar-refractivity contribution in [1.82, 2.24) is 4.90 Å². The number of amides is 2. The first-order chi connectivity index (χ1) is 8.50. The zero-order chi connectivity index (χ0) is 13.3. The number of hydrogen-bond acceptors (Lipinski definition) is 4. The molecule has 0 aromatic heterocycles. The lowest BCUT2D eigenvalue weighted by Crippen LogP contribution is -2.37. The highest BCUT2D eigenvalue weighted by molar-refractivity contribution is 6.21. The monoisotopic (exact) mass is 247 g/mol. The van der Waals surface area contributed by atoms with Crippen LogP contribution in [0, 0.1) is 0 Å². The Kier molecular flexibility index (Phi) is 3.14. The minimum Gasteiger partial charge on any atom is -0.461 e. The van der Waals surface area contributed by atoms with Crippen LogP contribution in [0.3, 0.4) is 0 Å². The summed E-state index contributed by atoms with van der Waals surface area (Å²) in [4.78, 5) is 35.9. The highest BCUT2D eigenvalue weighted by atomic mass is 16.5. The van der Waals surface area contributed by atoms with E-state index < -0.39 is 12.1 Å². The number of nitrogens with zero attached hydrogens (tertiary/aromatic N) is 1. The molecule has 0 bridgehead atoms. The van der Waals surface area contributed by atoms with Crippen LogP contribution in [0.15, 0.2) is 24.3 Å². The van der Waals surface area contributed by atoms with E-state index in [1.54, 1.807) is 31.2 Å². The Labute approximate surface area is 104 Å². The van der Waals surface area contributed by atoms with Crippen LogP contribution in [0.4, 0.5) is 0 Å². The summed E-state index contributed by atoms with van der Waals surface area (Å²) in [6, 6.07) is 6.66. The van der Waals surface area contributed by atoms with Crippen LogP contribution in [-0.4, -0.2) is 35.3 Å². The summed E-state index contributed by atoms with van der Waals surface area (Å²) < 4.78 is 4.92. The fourth-order valence-corrected chi connectivity index (χ4v) is 1.98. The van der Waals surface area contributed by atoms with E-state index in [-0.39, 0.29) is 18.4 Å². The van der Waals surface area contributed by atoms with Crippen molar-refractivity contribution in [1.29, 1.82) is 0 Å². The molecule has 0 spiro atoms. The van der Waals surface area contributed by atoms with E-state index in [2.05, 4.69) is 0 Å². The van der Waals surface area contributed by atoms with Crippen molar-refractivity contribution in [3.05, 3.63) is 35.4 Å². The number of imide groups is 1. The Bertz CT molecular complexity index is 488. The van der Waals surface area contributed by atoms with Crippen molar-refractivity contribution in [3.63, 3.8) is 0 Å². The van der Waals surface area contributed by atoms with Gasteiger partial charge in [0.05, 0.1) is 17.7 Å². The molecule has 0 saturated heterocycles. The number of esters is 1. The van der Waals surface area contributed by atoms with Crippen LogP contribution in [0.2, 0.25) is 0 Å². The molecule has 0 N–H and O–H groups in total. The number of hydrogen-bond donors (Lipinski definition) is 0. The van der Waals surface area contributed by atoms with Gasteiger partial charge in [-0.25, -0.2) is 0 Å². The second kappa shape index (κ2) is 4.60. The molecule has 1 atom stereocenters. The van der Waals surface area contributed by atoms with E-state index in [0.29, 0.717) is 11.1 Å². The van der Waals surface area contributed by atoms with Crippen LogP contribution in [0.25, 0.3) is 0 Å². The maximum Gasteiger partial charge on any atom is 0.302 e. The molecule has 0 saturated carbocycles. The highest BCUT2D eigenvalue weighted by Gasteiger charge is 2.36. The fraction of sp³-hybridized carbons (Fsp3) is 0.308. The predicted octanol–water partition coefficient (Wildman–Crippen LogP) is 1.23. The van der Waals surface area contributed by atoms with Gasteiger partial charge in [-0.2, -0.15) is 0 Å². The Morgan fingerprint density at radius 2 is 1.72 bits per heavy atom. The van der Waals surface area contributed by atoms with Crippen molar-refractivity contribution < 1.29 is 19.1 Å². The topological polar surface area (TPSA) is 63.7 Å². The molecule has 5 nitrogen and oxygen atoms in total. The zero-order valence-corrected chi connectivity index (χ0v) is 10.2. The van der Waals surface area contributed by atoms with Crippen LogP contribution < -0.4 is 0 Å². The van der Waals surface area contributed by atoms with E-state index in [4.69, 9.17) is 4.74 Å². The highest BCUT2D eigenvalue weighted by Crippen LogP contribution is 2.22. The molecule has 94 valence electrons. The molecule has 5 heteroatoms. The second-order valence-corrected chi connectivity index (χ2v) is 4.19. The first kappa shape index (κ1) is 12.3. The Morgan fingerprint density at radius 3 is 2.17 bits per heavy atom. The van der Waals surface area contributed by atoms with E-state index in [9.17, 15) is 14.4 Å². The minimum atomic E-state index is -0.510. The van der Waals surface area contributed by atoms with Crippen molar-refractivity contribution in [2.24, 2.45) is 0 Å². The van der Waals surface area contributed by atoms with Gasteiger partial charge in [0.2, 0.25) is 0 Å². The van der Waals surface area contributed by atoms with Gasteiger partial charge in [0, 0.05) is 6.92 Å². The first-order valence-corrected chi connectivity index (χ1v) is 5.63. The average Bonchev–Trinajstić information content (AvgIpc) is 2.54. The molecule has 18 heavy (non-hydrogen) atoms. The third kappa shape index (κ3) is 2.11. The number of fused-ring (bicyclic) bond motifs is 1. The average molecular weight is 247 g/mol. The number of ether oxygens (including phenoxy) is 1. The normalized spacial score (nSPS) is 15.6. The Hall–Kier alpha value is -2.17. The summed E-state index contributed by atoms with van der Waals surface area (Å²) in [6.45, 7) is 3.01. The quantitative estimate of drug-likeness (QED) is 0.595. The van der Waals surface area contributed by atoms with Gasteiger partial charge >= 0.3 is 5.97 Å². The van der Waals surface area contributed by atoms with E-state index in [1.807, 2.05) is 0 Å². The first-order valence-electron chi connectivity index (χ1n) is 5.63. The SMILES string of the molecule is CC(=O)OC(C)CN1C(=O)c2ccccc2C1=O. The molecule has 1 aliphatic heterocycles. The molecule has 2 amide bonds. The molecule has 0 radical (unpaired) electrons. The van der Waals surface area contributed by atoms with Gasteiger partial charge in [-0.05, 0) is 19.1 Å². The maximum absolute atomic E-state index is 12.0. The summed E-state index contributed by atoms with van der Waals surface area (Å²) >= 11 is 0. The summed E-state index contributed by atoms with van der Waals surface area (Å²) in [5.41, 5.74) is 0.801. The lowest BCUT2D eigenvalue weighted by atomic mass is 10.1. The molecule has 0 fully saturated rings. The van der Waals surface area contributed by atoms with E-state index in [0.717, 1.165) is 4.90 Å². The molecule has 0 aliphatic carbocycles. The lowest BCUT2D eigenvalue weighted by Gasteiger charge is -2.18. The standard InChI is InChI=1S/C13H13NO4/c1-8(18-9(2)15)7-14-12(16)10-5-3-4-6-11(10)13(14)17/h3-6,8H,7H2,1-2H3. The van der Waals surface area contributed by atoms with Gasteiger partial charge in [0.25, 0.3) is 11.8 Å². The Morgan fingerprint density at radius 1 is 1.22 bits per heavy atom. The van der Waals surface area contributed by atoms with Gasteiger partial charge in [-0.3, -0.25) is 19.3 Å². The van der Waals surface area contributed by atoms with Crippen molar-refractivity contribution in [2.75, 3.05) is 6.54 Å². The zero-order valence-electron chi connectivity index (χ0n) is 10.2.